The van der Waals surface area contributed by atoms with Crippen molar-refractivity contribution in [2.45, 2.75) is 18.4 Å². The fraction of sp³-hybridized carbons (Fsp3) is 0.300. The Morgan fingerprint density at radius 3 is 1.09 bits per heavy atom. The highest BCUT2D eigenvalue weighted by molar-refractivity contribution is 9.14. The van der Waals surface area contributed by atoms with E-state index < -0.39 is 57.3 Å². The molecule has 13 heteroatoms. The van der Waals surface area contributed by atoms with Crippen LogP contribution in [0.1, 0.15) is 12.8 Å². The minimum atomic E-state index is -2.74. The van der Waals surface area contributed by atoms with Gasteiger partial charge < -0.3 is 30.6 Å². The van der Waals surface area contributed by atoms with Crippen molar-refractivity contribution in [2.24, 2.45) is 0 Å². The van der Waals surface area contributed by atoms with Crippen LogP contribution in [0.15, 0.2) is 8.96 Å². The summed E-state index contributed by atoms with van der Waals surface area (Å²) in [4.78, 5) is 50.6. The molecule has 0 aromatic rings. The van der Waals surface area contributed by atoms with Crippen molar-refractivity contribution in [1.82, 2.24) is 0 Å². The van der Waals surface area contributed by atoms with E-state index in [1.807, 2.05) is 0 Å². The third kappa shape index (κ3) is 9.59. The molecule has 0 spiro atoms. The molecule has 0 unspecified atom stereocenters. The lowest BCUT2D eigenvalue weighted by Crippen LogP contribution is -2.42. The zero-order valence-electron chi connectivity index (χ0n) is 10.9. The maximum Gasteiger partial charge on any atom is 0.344 e. The number of carboxylic acids is 5. The van der Waals surface area contributed by atoms with Gasteiger partial charge in [-0.3, -0.25) is 9.59 Å². The lowest BCUT2D eigenvalue weighted by Gasteiger charge is -2.18. The summed E-state index contributed by atoms with van der Waals surface area (Å²) >= 11 is 5.12. The summed E-state index contributed by atoms with van der Waals surface area (Å²) in [7, 11) is 0. The Balaban J connectivity index is 0. The molecule has 0 aliphatic heterocycles. The second-order valence-electron chi connectivity index (χ2n) is 3.72. The molecular formula is C10H10Br2O11. The van der Waals surface area contributed by atoms with Gasteiger partial charge in [-0.25, -0.2) is 14.4 Å². The van der Waals surface area contributed by atoms with Crippen molar-refractivity contribution in [1.29, 1.82) is 0 Å². The van der Waals surface area contributed by atoms with E-state index >= 15 is 0 Å². The van der Waals surface area contributed by atoms with Crippen LogP contribution in [0.2, 0.25) is 0 Å². The molecule has 0 aliphatic rings. The van der Waals surface area contributed by atoms with Crippen LogP contribution >= 0.6 is 31.9 Å². The number of carboxylic acid groups (broad SMARTS) is 5. The molecule has 0 rings (SSSR count). The molecule has 0 fully saturated rings. The first kappa shape index (κ1) is 23.3. The number of hydrogen-bond donors (Lipinski definition) is 6. The van der Waals surface area contributed by atoms with Crippen molar-refractivity contribution in [3.05, 3.63) is 8.96 Å². The topological polar surface area (TPSA) is 207 Å². The standard InChI is InChI=1S/C6H8O7.C4H2Br2O4/c7-3(8)1-6(13,5(11)12)2-4(9)10;5-1(3(7)8)2(6)4(9)10/h13H,1-2H2,(H,7,8)(H,9,10)(H,11,12);(H,7,8)(H,9,10)/b;2-1-. The molecule has 6 N–H and O–H groups in total. The maximum atomic E-state index is 10.3. The Morgan fingerprint density at radius 2 is 0.957 bits per heavy atom. The highest BCUT2D eigenvalue weighted by Crippen LogP contribution is 2.17. The van der Waals surface area contributed by atoms with Gasteiger partial charge in [-0.1, -0.05) is 0 Å². The van der Waals surface area contributed by atoms with Gasteiger partial charge in [0.2, 0.25) is 0 Å². The van der Waals surface area contributed by atoms with Gasteiger partial charge >= 0.3 is 29.8 Å². The third-order valence-corrected chi connectivity index (χ3v) is 3.86. The fourth-order valence-electron chi connectivity index (χ4n) is 0.902. The van der Waals surface area contributed by atoms with E-state index in [1.165, 1.54) is 0 Å². The Bertz CT molecular complexity index is 513. The van der Waals surface area contributed by atoms with Gasteiger partial charge in [-0.15, -0.1) is 0 Å². The molecule has 0 aromatic heterocycles. The molecule has 130 valence electrons. The van der Waals surface area contributed by atoms with Gasteiger partial charge in [-0.05, 0) is 31.9 Å². The molecular weight excluding hydrogens is 456 g/mol. The van der Waals surface area contributed by atoms with Crippen molar-refractivity contribution < 1.29 is 54.6 Å². The lowest BCUT2D eigenvalue weighted by molar-refractivity contribution is -0.170. The number of halogens is 2. The number of aliphatic hydroxyl groups is 1. The zero-order chi connectivity index (χ0) is 19.0. The molecule has 0 amide bonds. The fourth-order valence-corrected chi connectivity index (χ4v) is 1.24. The Labute approximate surface area is 144 Å². The van der Waals surface area contributed by atoms with Crippen LogP contribution in [-0.2, 0) is 24.0 Å². The second kappa shape index (κ2) is 9.91. The second-order valence-corrected chi connectivity index (χ2v) is 5.30. The summed E-state index contributed by atoms with van der Waals surface area (Å²) in [5, 5.41) is 50.2. The SMILES string of the molecule is O=C(O)/C(Br)=C(/Br)C(=O)O.O=C(O)CC(O)(CC(=O)O)C(=O)O. The molecule has 0 aliphatic carbocycles. The van der Waals surface area contributed by atoms with Gasteiger partial charge in [0.15, 0.2) is 5.60 Å². The van der Waals surface area contributed by atoms with Crippen LogP contribution < -0.4 is 0 Å². The minimum Gasteiger partial charge on any atom is -0.481 e. The van der Waals surface area contributed by atoms with Crippen LogP contribution in [0.25, 0.3) is 0 Å². The van der Waals surface area contributed by atoms with E-state index in [-0.39, 0.29) is 0 Å². The van der Waals surface area contributed by atoms with Crippen LogP contribution in [0.5, 0.6) is 0 Å². The van der Waals surface area contributed by atoms with E-state index in [4.69, 9.17) is 30.6 Å². The average molecular weight is 466 g/mol. The van der Waals surface area contributed by atoms with Crippen molar-refractivity contribution in [3.63, 3.8) is 0 Å². The minimum absolute atomic E-state index is 0.403. The normalized spacial score (nSPS) is 11.4. The monoisotopic (exact) mass is 464 g/mol. The first-order valence-electron chi connectivity index (χ1n) is 5.15. The van der Waals surface area contributed by atoms with Gasteiger partial charge in [0.05, 0.1) is 12.8 Å². The van der Waals surface area contributed by atoms with Gasteiger partial charge in [0, 0.05) is 0 Å². The number of rotatable bonds is 7. The molecule has 23 heavy (non-hydrogen) atoms. The lowest BCUT2D eigenvalue weighted by atomic mass is 9.96. The highest BCUT2D eigenvalue weighted by atomic mass is 79.9. The molecule has 0 radical (unpaired) electrons. The maximum absolute atomic E-state index is 10.3. The van der Waals surface area contributed by atoms with Crippen molar-refractivity contribution >= 4 is 61.7 Å². The molecule has 0 aromatic carbocycles. The van der Waals surface area contributed by atoms with E-state index in [9.17, 15) is 24.0 Å². The molecule has 0 saturated carbocycles. The smallest absolute Gasteiger partial charge is 0.344 e. The summed E-state index contributed by atoms with van der Waals surface area (Å²) in [6.07, 6.45) is -2.29. The zero-order valence-corrected chi connectivity index (χ0v) is 14.1. The van der Waals surface area contributed by atoms with Crippen molar-refractivity contribution in [2.75, 3.05) is 0 Å². The van der Waals surface area contributed by atoms with Gasteiger partial charge in [0.1, 0.15) is 8.96 Å². The molecule has 0 atom stereocenters. The average Bonchev–Trinajstić information content (AvgIpc) is 2.35. The quantitative estimate of drug-likeness (QED) is 0.273. The van der Waals surface area contributed by atoms with Crippen LogP contribution in [0.3, 0.4) is 0 Å². The predicted molar refractivity (Wildman–Crippen MR) is 77.2 cm³/mol. The summed E-state index contributed by atoms with van der Waals surface area (Å²) in [5.41, 5.74) is -2.74. The summed E-state index contributed by atoms with van der Waals surface area (Å²) in [6, 6.07) is 0. The summed E-state index contributed by atoms with van der Waals surface area (Å²) < 4.78 is -0.806. The van der Waals surface area contributed by atoms with Gasteiger partial charge in [-0.2, -0.15) is 0 Å². The van der Waals surface area contributed by atoms with Crippen molar-refractivity contribution in [3.8, 4) is 0 Å². The van der Waals surface area contributed by atoms with E-state index in [2.05, 4.69) is 31.9 Å². The summed E-state index contributed by atoms with van der Waals surface area (Å²) in [5.74, 6) is -7.67. The largest absolute Gasteiger partial charge is 0.481 e. The third-order valence-electron chi connectivity index (χ3n) is 1.85. The summed E-state index contributed by atoms with van der Waals surface area (Å²) in [6.45, 7) is 0. The number of carbonyl (C=O) groups is 5. The molecule has 11 nitrogen and oxygen atoms in total. The highest BCUT2D eigenvalue weighted by Gasteiger charge is 2.40. The first-order chi connectivity index (χ1) is 10.2. The first-order valence-corrected chi connectivity index (χ1v) is 6.74. The Morgan fingerprint density at radius 1 is 0.696 bits per heavy atom. The van der Waals surface area contributed by atoms with E-state index in [1.54, 1.807) is 0 Å². The van der Waals surface area contributed by atoms with E-state index in [0.29, 0.717) is 0 Å². The number of hydrogen-bond acceptors (Lipinski definition) is 6. The Kier molecular flexibility index (Phi) is 10.0. The molecule has 0 heterocycles. The molecule has 0 bridgehead atoms. The van der Waals surface area contributed by atoms with Crippen LogP contribution in [0, 0.1) is 0 Å². The van der Waals surface area contributed by atoms with Gasteiger partial charge in [0.25, 0.3) is 0 Å². The number of aliphatic carboxylic acids is 5. The Hall–Kier alpha value is -1.99. The van der Waals surface area contributed by atoms with Crippen LogP contribution in [0.4, 0.5) is 0 Å². The molecule has 0 saturated heterocycles. The van der Waals surface area contributed by atoms with E-state index in [0.717, 1.165) is 0 Å². The van der Waals surface area contributed by atoms with Crippen LogP contribution in [-0.4, -0.2) is 66.1 Å². The predicted octanol–water partition coefficient (Wildman–Crippen LogP) is -0.0915.